The van der Waals surface area contributed by atoms with Crippen molar-refractivity contribution < 1.29 is 9.84 Å². The van der Waals surface area contributed by atoms with Crippen molar-refractivity contribution in [3.05, 3.63) is 29.3 Å². The smallest absolute Gasteiger partial charge is 0.123 e. The van der Waals surface area contributed by atoms with E-state index in [1.165, 1.54) is 11.1 Å². The summed E-state index contributed by atoms with van der Waals surface area (Å²) in [5.41, 5.74) is 2.72. The van der Waals surface area contributed by atoms with Gasteiger partial charge < -0.3 is 15.2 Å². The highest BCUT2D eigenvalue weighted by Crippen LogP contribution is 2.32. The van der Waals surface area contributed by atoms with E-state index in [0.717, 1.165) is 25.1 Å². The Labute approximate surface area is 123 Å². The predicted octanol–water partition coefficient (Wildman–Crippen LogP) is 2.90. The molecule has 0 saturated carbocycles. The van der Waals surface area contributed by atoms with Crippen molar-refractivity contribution in [1.82, 2.24) is 5.32 Å². The van der Waals surface area contributed by atoms with Gasteiger partial charge in [-0.25, -0.2) is 0 Å². The van der Waals surface area contributed by atoms with Gasteiger partial charge in [0.05, 0.1) is 13.2 Å². The first-order valence-electron chi connectivity index (χ1n) is 7.56. The van der Waals surface area contributed by atoms with Crippen LogP contribution in [0.5, 0.6) is 5.75 Å². The quantitative estimate of drug-likeness (QED) is 0.719. The number of benzene rings is 1. The van der Waals surface area contributed by atoms with E-state index in [9.17, 15) is 0 Å². The molecule has 0 atom stereocenters. The van der Waals surface area contributed by atoms with Gasteiger partial charge in [0.25, 0.3) is 0 Å². The number of ether oxygens (including phenoxy) is 1. The van der Waals surface area contributed by atoms with Crippen molar-refractivity contribution in [3.8, 4) is 5.75 Å². The molecule has 0 aliphatic rings. The van der Waals surface area contributed by atoms with Gasteiger partial charge in [-0.2, -0.15) is 0 Å². The van der Waals surface area contributed by atoms with E-state index in [4.69, 9.17) is 9.84 Å². The van der Waals surface area contributed by atoms with E-state index in [2.05, 4.69) is 51.2 Å². The Balaban J connectivity index is 2.60. The van der Waals surface area contributed by atoms with Crippen LogP contribution in [-0.2, 0) is 11.8 Å². The molecule has 3 heteroatoms. The zero-order chi connectivity index (χ0) is 15.0. The molecule has 1 aromatic rings. The highest BCUT2D eigenvalue weighted by Gasteiger charge is 2.19. The molecule has 20 heavy (non-hydrogen) atoms. The fourth-order valence-corrected chi connectivity index (χ4v) is 2.09. The highest BCUT2D eigenvalue weighted by atomic mass is 16.5. The summed E-state index contributed by atoms with van der Waals surface area (Å²) in [6.07, 6.45) is 1.99. The van der Waals surface area contributed by atoms with Crippen LogP contribution in [0.2, 0.25) is 0 Å². The first-order chi connectivity index (χ1) is 9.49. The minimum absolute atomic E-state index is 0.0929. The zero-order valence-electron chi connectivity index (χ0n) is 13.3. The number of aliphatic hydroxyl groups is 1. The summed E-state index contributed by atoms with van der Waals surface area (Å²) in [5.74, 6) is 0.997. The number of aryl methyl sites for hydroxylation is 1. The second kappa shape index (κ2) is 8.28. The Bertz CT molecular complexity index is 396. The molecular formula is C17H29NO2. The van der Waals surface area contributed by atoms with Gasteiger partial charge in [0, 0.05) is 6.54 Å². The average molecular weight is 279 g/mol. The monoisotopic (exact) mass is 279 g/mol. The predicted molar refractivity (Wildman–Crippen MR) is 84.6 cm³/mol. The van der Waals surface area contributed by atoms with Crippen LogP contribution in [0.4, 0.5) is 0 Å². The lowest BCUT2D eigenvalue weighted by Crippen LogP contribution is -2.21. The van der Waals surface area contributed by atoms with E-state index in [1.807, 2.05) is 0 Å². The van der Waals surface area contributed by atoms with Gasteiger partial charge in [0.2, 0.25) is 0 Å². The molecule has 0 aromatic heterocycles. The van der Waals surface area contributed by atoms with Crippen LogP contribution in [0.25, 0.3) is 0 Å². The summed E-state index contributed by atoms with van der Waals surface area (Å²) in [7, 11) is 0. The molecule has 0 unspecified atom stereocenters. The standard InChI is InChI=1S/C17H29NO2/c1-5-14-7-8-16(15(13-14)17(2,3)4)20-12-6-9-18-10-11-19/h7-8,13,18-19H,5-6,9-12H2,1-4H3. The lowest BCUT2D eigenvalue weighted by molar-refractivity contribution is 0.279. The minimum Gasteiger partial charge on any atom is -0.493 e. The number of hydrogen-bond acceptors (Lipinski definition) is 3. The molecule has 1 rings (SSSR count). The maximum Gasteiger partial charge on any atom is 0.123 e. The third-order valence-electron chi connectivity index (χ3n) is 3.30. The first kappa shape index (κ1) is 17.0. The number of nitrogens with one attached hydrogen (secondary N) is 1. The Hall–Kier alpha value is -1.06. The van der Waals surface area contributed by atoms with Crippen LogP contribution in [0.15, 0.2) is 18.2 Å². The van der Waals surface area contributed by atoms with Crippen LogP contribution < -0.4 is 10.1 Å². The van der Waals surface area contributed by atoms with Gasteiger partial charge in [0.15, 0.2) is 0 Å². The topological polar surface area (TPSA) is 41.5 Å². The summed E-state index contributed by atoms with van der Waals surface area (Å²) < 4.78 is 5.94. The van der Waals surface area contributed by atoms with Crippen molar-refractivity contribution in [2.75, 3.05) is 26.3 Å². The molecule has 1 aromatic carbocycles. The second-order valence-electron chi connectivity index (χ2n) is 6.11. The molecule has 0 saturated heterocycles. The van der Waals surface area contributed by atoms with Crippen LogP contribution in [0.3, 0.4) is 0 Å². The SMILES string of the molecule is CCc1ccc(OCCCNCCO)c(C(C)(C)C)c1. The molecule has 0 bridgehead atoms. The fraction of sp³-hybridized carbons (Fsp3) is 0.647. The van der Waals surface area contributed by atoms with E-state index < -0.39 is 0 Å². The normalized spacial score (nSPS) is 11.7. The van der Waals surface area contributed by atoms with Gasteiger partial charge in [0.1, 0.15) is 5.75 Å². The van der Waals surface area contributed by atoms with E-state index in [-0.39, 0.29) is 12.0 Å². The van der Waals surface area contributed by atoms with Crippen molar-refractivity contribution >= 4 is 0 Å². The molecule has 3 nitrogen and oxygen atoms in total. The number of aliphatic hydroxyl groups excluding tert-OH is 1. The van der Waals surface area contributed by atoms with Crippen LogP contribution >= 0.6 is 0 Å². The Kier molecular flexibility index (Phi) is 7.03. The number of hydrogen-bond donors (Lipinski definition) is 2. The summed E-state index contributed by atoms with van der Waals surface area (Å²) in [6, 6.07) is 6.51. The number of rotatable bonds is 8. The second-order valence-corrected chi connectivity index (χ2v) is 6.11. The third kappa shape index (κ3) is 5.51. The molecule has 0 fully saturated rings. The highest BCUT2D eigenvalue weighted by molar-refractivity contribution is 5.41. The van der Waals surface area contributed by atoms with E-state index in [1.54, 1.807) is 0 Å². The summed E-state index contributed by atoms with van der Waals surface area (Å²) >= 11 is 0. The lowest BCUT2D eigenvalue weighted by Gasteiger charge is -2.23. The van der Waals surface area contributed by atoms with Crippen molar-refractivity contribution in [2.24, 2.45) is 0 Å². The van der Waals surface area contributed by atoms with Gasteiger partial charge in [-0.3, -0.25) is 0 Å². The third-order valence-corrected chi connectivity index (χ3v) is 3.30. The maximum absolute atomic E-state index is 8.68. The first-order valence-corrected chi connectivity index (χ1v) is 7.56. The van der Waals surface area contributed by atoms with E-state index >= 15 is 0 Å². The molecule has 0 aliphatic heterocycles. The largest absolute Gasteiger partial charge is 0.493 e. The molecule has 0 aliphatic carbocycles. The molecule has 114 valence electrons. The van der Waals surface area contributed by atoms with Gasteiger partial charge in [-0.1, -0.05) is 39.8 Å². The molecular weight excluding hydrogens is 250 g/mol. The van der Waals surface area contributed by atoms with Crippen LogP contribution in [0, 0.1) is 0 Å². The van der Waals surface area contributed by atoms with Crippen LogP contribution in [0.1, 0.15) is 45.2 Å². The molecule has 0 spiro atoms. The lowest BCUT2D eigenvalue weighted by atomic mass is 9.85. The van der Waals surface area contributed by atoms with Gasteiger partial charge >= 0.3 is 0 Å². The Morgan fingerprint density at radius 3 is 2.55 bits per heavy atom. The average Bonchev–Trinajstić information content (AvgIpc) is 2.41. The zero-order valence-corrected chi connectivity index (χ0v) is 13.3. The Morgan fingerprint density at radius 1 is 1.20 bits per heavy atom. The minimum atomic E-state index is 0.0929. The van der Waals surface area contributed by atoms with Gasteiger partial charge in [-0.05, 0) is 42.0 Å². The van der Waals surface area contributed by atoms with Gasteiger partial charge in [-0.15, -0.1) is 0 Å². The molecule has 0 amide bonds. The molecule has 2 N–H and O–H groups in total. The fourth-order valence-electron chi connectivity index (χ4n) is 2.09. The maximum atomic E-state index is 8.68. The van der Waals surface area contributed by atoms with Crippen molar-refractivity contribution in [2.45, 2.75) is 46.0 Å². The van der Waals surface area contributed by atoms with Crippen molar-refractivity contribution in [3.63, 3.8) is 0 Å². The Morgan fingerprint density at radius 2 is 1.95 bits per heavy atom. The molecule has 0 radical (unpaired) electrons. The molecule has 0 heterocycles. The summed E-state index contributed by atoms with van der Waals surface area (Å²) in [4.78, 5) is 0. The van der Waals surface area contributed by atoms with E-state index in [0.29, 0.717) is 13.2 Å². The summed E-state index contributed by atoms with van der Waals surface area (Å²) in [6.45, 7) is 11.2. The summed E-state index contributed by atoms with van der Waals surface area (Å²) in [5, 5.41) is 11.8. The van der Waals surface area contributed by atoms with Crippen molar-refractivity contribution in [1.29, 1.82) is 0 Å². The van der Waals surface area contributed by atoms with Crippen LogP contribution in [-0.4, -0.2) is 31.4 Å².